The van der Waals surface area contributed by atoms with Gasteiger partial charge in [0.25, 0.3) is 11.8 Å². The van der Waals surface area contributed by atoms with E-state index in [-0.39, 0.29) is 29.8 Å². The Morgan fingerprint density at radius 3 is 2.29 bits per heavy atom. The molecule has 2 amide bonds. The normalized spacial score (nSPS) is 13.2. The average Bonchev–Trinajstić information content (AvgIpc) is 3.53. The molecule has 216 valence electrons. The molecule has 0 bridgehead atoms. The van der Waals surface area contributed by atoms with Gasteiger partial charge in [-0.25, -0.2) is 4.79 Å². The number of rotatable bonds is 9. The summed E-state index contributed by atoms with van der Waals surface area (Å²) in [5.41, 5.74) is 7.89. The third-order valence-corrected chi connectivity index (χ3v) is 8.17. The van der Waals surface area contributed by atoms with Crippen LogP contribution in [-0.2, 0) is 10.3 Å². The summed E-state index contributed by atoms with van der Waals surface area (Å²) in [6.07, 6.45) is -0.386. The van der Waals surface area contributed by atoms with E-state index >= 15 is 0 Å². The number of hydrogen-bond acceptors (Lipinski definition) is 7. The molecule has 0 radical (unpaired) electrons. The minimum absolute atomic E-state index is 0.138. The number of carbonyl (C=O) groups is 3. The van der Waals surface area contributed by atoms with Crippen LogP contribution in [0.4, 0.5) is 10.6 Å². The van der Waals surface area contributed by atoms with Crippen LogP contribution in [0.15, 0.2) is 60.7 Å². The van der Waals surface area contributed by atoms with Crippen molar-refractivity contribution >= 4 is 45.3 Å². The van der Waals surface area contributed by atoms with Crippen LogP contribution in [0.25, 0.3) is 10.2 Å². The first-order valence-corrected chi connectivity index (χ1v) is 14.5. The first-order valence-electron chi connectivity index (χ1n) is 13.7. The molecule has 0 saturated heterocycles. The molecule has 0 spiro atoms. The Hall–Kier alpha value is -4.02. The summed E-state index contributed by atoms with van der Waals surface area (Å²) in [4.78, 5) is 40.3. The maximum atomic E-state index is 13.4. The number of nitrogens with two attached hydrogens (primary N) is 1. The number of nitrogens with one attached hydrogen (secondary N) is 2. The van der Waals surface area contributed by atoms with Crippen molar-refractivity contribution in [3.8, 4) is 0 Å². The largest absolute Gasteiger partial charge is 0.445 e. The summed E-state index contributed by atoms with van der Waals surface area (Å²) >= 11 is 1.10. The van der Waals surface area contributed by atoms with Gasteiger partial charge in [-0.3, -0.25) is 9.59 Å². The van der Waals surface area contributed by atoms with Crippen LogP contribution in [0.3, 0.4) is 0 Å². The number of benzene rings is 2. The number of hydrogen-bond donors (Lipinski definition) is 3. The van der Waals surface area contributed by atoms with Crippen LogP contribution >= 0.6 is 11.3 Å². The Labute approximate surface area is 244 Å². The number of anilines is 1. The summed E-state index contributed by atoms with van der Waals surface area (Å²) in [7, 11) is 0. The van der Waals surface area contributed by atoms with Crippen molar-refractivity contribution in [2.45, 2.75) is 65.6 Å². The van der Waals surface area contributed by atoms with E-state index in [4.69, 9.17) is 10.5 Å². The van der Waals surface area contributed by atoms with Crippen LogP contribution in [0.5, 0.6) is 0 Å². The number of fused-ring (bicyclic) bond motifs is 1. The van der Waals surface area contributed by atoms with E-state index < -0.39 is 17.5 Å². The summed E-state index contributed by atoms with van der Waals surface area (Å²) in [5, 5.41) is 10.7. The first kappa shape index (κ1) is 30.0. The molecule has 41 heavy (non-hydrogen) atoms. The fraction of sp³-hybridized carbons (Fsp3) is 0.355. The Morgan fingerprint density at radius 1 is 1.02 bits per heavy atom. The van der Waals surface area contributed by atoms with Gasteiger partial charge in [-0.15, -0.1) is 16.4 Å². The highest BCUT2D eigenvalue weighted by molar-refractivity contribution is 7.20. The van der Waals surface area contributed by atoms with Crippen molar-refractivity contribution in [2.24, 2.45) is 11.7 Å². The predicted octanol–water partition coefficient (Wildman–Crippen LogP) is 6.45. The minimum Gasteiger partial charge on any atom is -0.445 e. The molecular weight excluding hydrogens is 538 g/mol. The summed E-state index contributed by atoms with van der Waals surface area (Å²) in [6, 6.07) is 18.2. The van der Waals surface area contributed by atoms with E-state index in [2.05, 4.69) is 15.7 Å². The molecule has 2 atom stereocenters. The van der Waals surface area contributed by atoms with Gasteiger partial charge in [0.2, 0.25) is 0 Å². The molecule has 9 nitrogen and oxygen atoms in total. The molecule has 2 aromatic heterocycles. The fourth-order valence-corrected chi connectivity index (χ4v) is 5.23. The lowest BCUT2D eigenvalue weighted by atomic mass is 9.94. The molecule has 0 aliphatic rings. The molecule has 2 aromatic carbocycles. The lowest BCUT2D eigenvalue weighted by Crippen LogP contribution is -2.40. The zero-order valence-corrected chi connectivity index (χ0v) is 25.0. The number of thiophene rings is 1. The van der Waals surface area contributed by atoms with E-state index in [0.717, 1.165) is 27.1 Å². The zero-order valence-electron chi connectivity index (χ0n) is 24.2. The van der Waals surface area contributed by atoms with Crippen LogP contribution in [-0.4, -0.2) is 33.8 Å². The molecular formula is C31H37N5O4S. The van der Waals surface area contributed by atoms with Gasteiger partial charge in [-0.1, -0.05) is 63.2 Å². The standard InChI is InChI=1S/C31H37N5O4S/c1-7-19(4)40-30(39)36-29-23(17-24(41-29)28(38)34-31(5,6)22-11-9-8-10-12-22)26(35-36)33-27(37)21-15-13-20(14-16-21)25(32)18(2)3/h8-19,25H,7,32H2,1-6H3,(H,34,38)(H,33,35,37). The first-order chi connectivity index (χ1) is 19.4. The van der Waals surface area contributed by atoms with Crippen molar-refractivity contribution < 1.29 is 19.1 Å². The van der Waals surface area contributed by atoms with Crippen molar-refractivity contribution in [1.82, 2.24) is 15.1 Å². The van der Waals surface area contributed by atoms with Crippen LogP contribution in [0, 0.1) is 5.92 Å². The van der Waals surface area contributed by atoms with Gasteiger partial charge in [0.1, 0.15) is 10.9 Å². The molecule has 0 aliphatic carbocycles. The van der Waals surface area contributed by atoms with Crippen LogP contribution in [0.2, 0.25) is 0 Å². The number of amides is 2. The number of ether oxygens (including phenoxy) is 1. The highest BCUT2D eigenvalue weighted by Crippen LogP contribution is 2.33. The Balaban J connectivity index is 1.65. The summed E-state index contributed by atoms with van der Waals surface area (Å²) < 4.78 is 6.61. The lowest BCUT2D eigenvalue weighted by molar-refractivity contribution is 0.0915. The highest BCUT2D eigenvalue weighted by atomic mass is 32.1. The zero-order chi connectivity index (χ0) is 29.9. The van der Waals surface area contributed by atoms with E-state index in [1.54, 1.807) is 25.1 Å². The highest BCUT2D eigenvalue weighted by Gasteiger charge is 2.28. The molecule has 10 heteroatoms. The number of aromatic nitrogens is 2. The van der Waals surface area contributed by atoms with Crippen molar-refractivity contribution in [3.05, 3.63) is 82.2 Å². The van der Waals surface area contributed by atoms with E-state index in [1.165, 1.54) is 0 Å². The van der Waals surface area contributed by atoms with E-state index in [9.17, 15) is 14.4 Å². The van der Waals surface area contributed by atoms with Crippen LogP contribution in [0.1, 0.15) is 85.2 Å². The second-order valence-corrected chi connectivity index (χ2v) is 12.0. The Morgan fingerprint density at radius 2 is 1.68 bits per heavy atom. The fourth-order valence-electron chi connectivity index (χ4n) is 4.23. The Bertz CT molecular complexity index is 1540. The quantitative estimate of drug-likeness (QED) is 0.210. The topological polar surface area (TPSA) is 128 Å². The minimum atomic E-state index is -0.685. The van der Waals surface area contributed by atoms with Gasteiger partial charge in [-0.05, 0) is 62.4 Å². The third-order valence-electron chi connectivity index (χ3n) is 7.06. The monoisotopic (exact) mass is 575 g/mol. The van der Waals surface area contributed by atoms with Gasteiger partial charge < -0.3 is 21.1 Å². The summed E-state index contributed by atoms with van der Waals surface area (Å²) in [6.45, 7) is 11.6. The molecule has 4 N–H and O–H groups in total. The van der Waals surface area contributed by atoms with Crippen molar-refractivity contribution in [3.63, 3.8) is 0 Å². The maximum absolute atomic E-state index is 13.4. The Kier molecular flexibility index (Phi) is 8.94. The molecule has 4 rings (SSSR count). The average molecular weight is 576 g/mol. The molecule has 2 heterocycles. The SMILES string of the molecule is CCC(C)OC(=O)n1nc(NC(=O)c2ccc(C(N)C(C)C)cc2)c2cc(C(=O)NC(C)(C)c3ccccc3)sc21. The molecule has 0 aliphatic heterocycles. The van der Waals surface area contributed by atoms with Crippen LogP contribution < -0.4 is 16.4 Å². The summed E-state index contributed by atoms with van der Waals surface area (Å²) in [5.74, 6) is -0.299. The second kappa shape index (κ2) is 12.2. The van der Waals surface area contributed by atoms with E-state index in [1.807, 2.05) is 77.1 Å². The van der Waals surface area contributed by atoms with E-state index in [0.29, 0.717) is 27.1 Å². The van der Waals surface area contributed by atoms with Crippen molar-refractivity contribution in [1.29, 1.82) is 0 Å². The van der Waals surface area contributed by atoms with Gasteiger partial charge in [-0.2, -0.15) is 4.68 Å². The molecule has 2 unspecified atom stereocenters. The van der Waals surface area contributed by atoms with Gasteiger partial charge >= 0.3 is 6.09 Å². The second-order valence-electron chi connectivity index (χ2n) is 11.0. The maximum Gasteiger partial charge on any atom is 0.436 e. The molecule has 0 fully saturated rings. The lowest BCUT2D eigenvalue weighted by Gasteiger charge is -2.26. The van der Waals surface area contributed by atoms with Gasteiger partial charge in [0, 0.05) is 11.6 Å². The molecule has 0 saturated carbocycles. The van der Waals surface area contributed by atoms with Gasteiger partial charge in [0.05, 0.1) is 15.8 Å². The van der Waals surface area contributed by atoms with Gasteiger partial charge in [0.15, 0.2) is 5.82 Å². The number of carbonyl (C=O) groups excluding carboxylic acids is 3. The number of nitrogens with zero attached hydrogens (tertiary/aromatic N) is 2. The molecule has 4 aromatic rings. The smallest absolute Gasteiger partial charge is 0.436 e. The van der Waals surface area contributed by atoms with Crippen molar-refractivity contribution in [2.75, 3.05) is 5.32 Å². The predicted molar refractivity (Wildman–Crippen MR) is 162 cm³/mol. The third kappa shape index (κ3) is 6.66.